The molecule has 0 aliphatic rings. The third-order valence-electron chi connectivity index (χ3n) is 6.30. The Bertz CT molecular complexity index is 1650. The molecule has 10 heteroatoms. The van der Waals surface area contributed by atoms with Gasteiger partial charge in [0.15, 0.2) is 0 Å². The van der Waals surface area contributed by atoms with E-state index in [0.717, 1.165) is 4.90 Å². The fourth-order valence-corrected chi connectivity index (χ4v) is 5.36. The van der Waals surface area contributed by atoms with E-state index in [-0.39, 0.29) is 22.2 Å². The smallest absolute Gasteiger partial charge is 0.272 e. The molecule has 44 heavy (non-hydrogen) atoms. The second-order valence-electron chi connectivity index (χ2n) is 9.43. The second kappa shape index (κ2) is 15.7. The van der Waals surface area contributed by atoms with E-state index in [1.165, 1.54) is 36.0 Å². The van der Waals surface area contributed by atoms with Crippen LogP contribution in [0.25, 0.3) is 6.08 Å². The van der Waals surface area contributed by atoms with Crippen LogP contribution in [0.2, 0.25) is 5.02 Å². The molecule has 3 amide bonds. The Morgan fingerprint density at radius 1 is 0.909 bits per heavy atom. The fourth-order valence-electron chi connectivity index (χ4n) is 4.13. The van der Waals surface area contributed by atoms with E-state index < -0.39 is 22.9 Å². The lowest BCUT2D eigenvalue weighted by atomic mass is 10.1. The van der Waals surface area contributed by atoms with Gasteiger partial charge in [-0.15, -0.1) is 11.8 Å². The Kier molecular flexibility index (Phi) is 11.6. The minimum absolute atomic E-state index is 0.0419. The lowest BCUT2D eigenvalue weighted by Crippen LogP contribution is -2.30. The molecule has 0 aromatic heterocycles. The first kappa shape index (κ1) is 32.3. The van der Waals surface area contributed by atoms with Crippen molar-refractivity contribution in [2.45, 2.75) is 30.4 Å². The molecule has 226 valence electrons. The first-order valence-corrected chi connectivity index (χ1v) is 15.2. The van der Waals surface area contributed by atoms with Crippen LogP contribution in [0.3, 0.4) is 0 Å². The highest BCUT2D eigenvalue weighted by Gasteiger charge is 2.21. The zero-order valence-electron chi connectivity index (χ0n) is 24.1. The maximum absolute atomic E-state index is 14.6. The summed E-state index contributed by atoms with van der Waals surface area (Å²) in [6.45, 7) is 4.26. The van der Waals surface area contributed by atoms with E-state index in [4.69, 9.17) is 16.3 Å². The topological polar surface area (TPSA) is 96.5 Å². The van der Waals surface area contributed by atoms with Crippen LogP contribution >= 0.6 is 23.4 Å². The monoisotopic (exact) mass is 631 g/mol. The van der Waals surface area contributed by atoms with Gasteiger partial charge in [-0.1, -0.05) is 61.0 Å². The molecular formula is C34H31ClFN3O4S. The van der Waals surface area contributed by atoms with Gasteiger partial charge in [0.25, 0.3) is 11.8 Å². The predicted octanol–water partition coefficient (Wildman–Crippen LogP) is 7.80. The summed E-state index contributed by atoms with van der Waals surface area (Å²) in [5.74, 6) is -1.48. The maximum Gasteiger partial charge on any atom is 0.272 e. The highest BCUT2D eigenvalue weighted by atomic mass is 35.5. The Morgan fingerprint density at radius 2 is 1.64 bits per heavy atom. The highest BCUT2D eigenvalue weighted by molar-refractivity contribution is 8.00. The molecule has 0 saturated heterocycles. The molecule has 0 bridgehead atoms. The van der Waals surface area contributed by atoms with Crippen molar-refractivity contribution in [1.29, 1.82) is 0 Å². The van der Waals surface area contributed by atoms with E-state index in [0.29, 0.717) is 35.7 Å². The SMILES string of the molecule is CCOc1ccccc1NC(=O)C(CC)Sc1cccc(NC(=O)/C(=C\c2c(F)cccc2Cl)NC(=O)c2ccccc2)c1. The largest absolute Gasteiger partial charge is 0.492 e. The van der Waals surface area contributed by atoms with Gasteiger partial charge in [0.05, 0.1) is 22.6 Å². The van der Waals surface area contributed by atoms with Crippen LogP contribution < -0.4 is 20.7 Å². The molecule has 0 heterocycles. The number of nitrogens with one attached hydrogen (secondary N) is 3. The molecular weight excluding hydrogens is 601 g/mol. The van der Waals surface area contributed by atoms with E-state index in [1.807, 2.05) is 32.0 Å². The van der Waals surface area contributed by atoms with Crippen molar-refractivity contribution in [2.24, 2.45) is 0 Å². The summed E-state index contributed by atoms with van der Waals surface area (Å²) in [6.07, 6.45) is 1.75. The Balaban J connectivity index is 1.53. The minimum Gasteiger partial charge on any atom is -0.492 e. The van der Waals surface area contributed by atoms with Crippen molar-refractivity contribution in [3.05, 3.63) is 125 Å². The Hall–Kier alpha value is -4.60. The number of para-hydroxylation sites is 2. The number of halogens is 2. The summed E-state index contributed by atoms with van der Waals surface area (Å²) >= 11 is 7.55. The van der Waals surface area contributed by atoms with E-state index in [9.17, 15) is 18.8 Å². The zero-order valence-corrected chi connectivity index (χ0v) is 25.7. The molecule has 4 rings (SSSR count). The average Bonchev–Trinajstić information content (AvgIpc) is 3.02. The lowest BCUT2D eigenvalue weighted by molar-refractivity contribution is -0.116. The average molecular weight is 632 g/mol. The van der Waals surface area contributed by atoms with Crippen molar-refractivity contribution in [1.82, 2.24) is 5.32 Å². The highest BCUT2D eigenvalue weighted by Crippen LogP contribution is 2.31. The molecule has 1 atom stereocenters. The van der Waals surface area contributed by atoms with Gasteiger partial charge in [0, 0.05) is 21.7 Å². The van der Waals surface area contributed by atoms with Crippen molar-refractivity contribution >= 4 is 58.5 Å². The van der Waals surface area contributed by atoms with Gasteiger partial charge < -0.3 is 20.7 Å². The van der Waals surface area contributed by atoms with Crippen LogP contribution in [0.1, 0.15) is 36.2 Å². The third kappa shape index (κ3) is 8.72. The molecule has 7 nitrogen and oxygen atoms in total. The number of carbonyl (C=O) groups is 3. The van der Waals surface area contributed by atoms with Crippen LogP contribution in [0.5, 0.6) is 5.75 Å². The van der Waals surface area contributed by atoms with Gasteiger partial charge in [-0.3, -0.25) is 14.4 Å². The van der Waals surface area contributed by atoms with Crippen LogP contribution in [0.15, 0.2) is 108 Å². The fraction of sp³-hybridized carbons (Fsp3) is 0.147. The standard InChI is InChI=1S/C34H31ClFN3O4S/c1-3-31(34(42)38-28-18-8-9-19-30(28)43-4-2)44-24-15-10-14-23(20-24)37-33(41)29(21-25-26(35)16-11-17-27(25)36)39-32(40)22-12-6-5-7-13-22/h5-21,31H,3-4H2,1-2H3,(H,37,41)(H,38,42)(H,39,40)/b29-21+. The molecule has 1 unspecified atom stereocenters. The van der Waals surface area contributed by atoms with Gasteiger partial charge >= 0.3 is 0 Å². The summed E-state index contributed by atoms with van der Waals surface area (Å²) in [6, 6.07) is 26.7. The van der Waals surface area contributed by atoms with Crippen LogP contribution in [0.4, 0.5) is 15.8 Å². The summed E-state index contributed by atoms with van der Waals surface area (Å²) in [5, 5.41) is 7.94. The molecule has 0 aliphatic heterocycles. The zero-order chi connectivity index (χ0) is 31.5. The van der Waals surface area contributed by atoms with E-state index >= 15 is 0 Å². The number of hydrogen-bond acceptors (Lipinski definition) is 5. The van der Waals surface area contributed by atoms with Crippen molar-refractivity contribution in [3.63, 3.8) is 0 Å². The third-order valence-corrected chi connectivity index (χ3v) is 7.98. The molecule has 4 aromatic rings. The molecule has 0 saturated carbocycles. The van der Waals surface area contributed by atoms with Crippen LogP contribution in [0, 0.1) is 5.82 Å². The summed E-state index contributed by atoms with van der Waals surface area (Å²) < 4.78 is 20.2. The first-order valence-electron chi connectivity index (χ1n) is 13.9. The number of rotatable bonds is 12. The lowest BCUT2D eigenvalue weighted by Gasteiger charge is -2.17. The minimum atomic E-state index is -0.687. The maximum atomic E-state index is 14.6. The van der Waals surface area contributed by atoms with Gasteiger partial charge in [0.1, 0.15) is 17.3 Å². The summed E-state index contributed by atoms with van der Waals surface area (Å²) in [5.41, 5.74) is 1.07. The van der Waals surface area contributed by atoms with Gasteiger partial charge in [0.2, 0.25) is 5.91 Å². The Morgan fingerprint density at radius 3 is 2.36 bits per heavy atom. The van der Waals surface area contributed by atoms with Crippen LogP contribution in [-0.4, -0.2) is 29.6 Å². The van der Waals surface area contributed by atoms with Gasteiger partial charge in [-0.05, 0) is 74.0 Å². The number of ether oxygens (including phenoxy) is 1. The van der Waals surface area contributed by atoms with Crippen LogP contribution in [-0.2, 0) is 9.59 Å². The molecule has 0 aliphatic carbocycles. The van der Waals surface area contributed by atoms with Gasteiger partial charge in [-0.25, -0.2) is 4.39 Å². The number of benzene rings is 4. The normalized spacial score (nSPS) is 11.8. The predicted molar refractivity (Wildman–Crippen MR) is 175 cm³/mol. The number of carbonyl (C=O) groups excluding carboxylic acids is 3. The Labute approximate surface area is 264 Å². The molecule has 4 aromatic carbocycles. The van der Waals surface area contributed by atoms with E-state index in [1.54, 1.807) is 60.7 Å². The second-order valence-corrected chi connectivity index (χ2v) is 11.1. The number of anilines is 2. The molecule has 0 radical (unpaired) electrons. The summed E-state index contributed by atoms with van der Waals surface area (Å²) in [4.78, 5) is 40.3. The number of amides is 3. The first-order chi connectivity index (χ1) is 21.3. The number of thioether (sulfide) groups is 1. The molecule has 0 fully saturated rings. The number of hydrogen-bond donors (Lipinski definition) is 3. The van der Waals surface area contributed by atoms with E-state index in [2.05, 4.69) is 16.0 Å². The van der Waals surface area contributed by atoms with Crippen molar-refractivity contribution < 1.29 is 23.5 Å². The molecule has 3 N–H and O–H groups in total. The quantitative estimate of drug-likeness (QED) is 0.110. The van der Waals surface area contributed by atoms with Crippen molar-refractivity contribution in [3.8, 4) is 5.75 Å². The summed E-state index contributed by atoms with van der Waals surface area (Å²) in [7, 11) is 0. The van der Waals surface area contributed by atoms with Crippen molar-refractivity contribution in [2.75, 3.05) is 17.2 Å². The van der Waals surface area contributed by atoms with Gasteiger partial charge in [-0.2, -0.15) is 0 Å². The molecule has 0 spiro atoms.